The summed E-state index contributed by atoms with van der Waals surface area (Å²) in [7, 11) is 10.1. The van der Waals surface area contributed by atoms with Crippen molar-refractivity contribution in [1.82, 2.24) is 15.5 Å². The molecule has 0 aliphatic carbocycles. The van der Waals surface area contributed by atoms with Crippen molar-refractivity contribution in [3.63, 3.8) is 0 Å². The van der Waals surface area contributed by atoms with E-state index in [0.29, 0.717) is 0 Å². The Labute approximate surface area is 75.3 Å². The molecule has 4 heteroatoms. The summed E-state index contributed by atoms with van der Waals surface area (Å²) in [5.74, 6) is 1.05. The van der Waals surface area contributed by atoms with Crippen LogP contribution in [0.25, 0.3) is 0 Å². The normalized spacial score (nSPS) is 9.83. The van der Waals surface area contributed by atoms with Gasteiger partial charge in [0.25, 0.3) is 0 Å². The first-order valence-corrected chi connectivity index (χ1v) is 4.18. The van der Waals surface area contributed by atoms with Gasteiger partial charge in [0.15, 0.2) is 0 Å². The summed E-state index contributed by atoms with van der Waals surface area (Å²) in [5, 5.41) is 6.38. The molecule has 0 fully saturated rings. The van der Waals surface area contributed by atoms with E-state index >= 15 is 0 Å². The highest BCUT2D eigenvalue weighted by Crippen LogP contribution is 1.70. The van der Waals surface area contributed by atoms with Gasteiger partial charge in [-0.3, -0.25) is 15.2 Å². The molecule has 0 atom stereocenters. The molecule has 0 amide bonds. The first kappa shape index (κ1) is 11.2. The predicted octanol–water partition coefficient (Wildman–Crippen LogP) is -1.01. The summed E-state index contributed by atoms with van der Waals surface area (Å²) in [6, 6.07) is 0. The largest absolute Gasteiger partial charge is 0.345 e. The van der Waals surface area contributed by atoms with E-state index in [1.165, 1.54) is 0 Å². The second-order valence-corrected chi connectivity index (χ2v) is 3.22. The van der Waals surface area contributed by atoms with Crippen molar-refractivity contribution in [2.45, 2.75) is 0 Å². The maximum atomic E-state index is 3.29. The molecule has 72 valence electrons. The minimum atomic E-state index is 0.960. The third-order valence-corrected chi connectivity index (χ3v) is 1.54. The minimum Gasteiger partial charge on any atom is -0.306 e. The van der Waals surface area contributed by atoms with Crippen molar-refractivity contribution in [3.05, 3.63) is 0 Å². The second-order valence-electron chi connectivity index (χ2n) is 3.22. The van der Waals surface area contributed by atoms with E-state index in [2.05, 4.69) is 29.6 Å². The Morgan fingerprint density at radius 2 is 1.92 bits per heavy atom. The fourth-order valence-corrected chi connectivity index (χ4v) is 0.868. The van der Waals surface area contributed by atoms with Gasteiger partial charge in [-0.2, -0.15) is 0 Å². The van der Waals surface area contributed by atoms with Gasteiger partial charge >= 0.3 is 5.96 Å². The van der Waals surface area contributed by atoms with Crippen LogP contribution in [-0.4, -0.2) is 63.8 Å². The summed E-state index contributed by atoms with van der Waals surface area (Å²) < 4.78 is 2.02. The Morgan fingerprint density at radius 1 is 1.33 bits per heavy atom. The van der Waals surface area contributed by atoms with Crippen molar-refractivity contribution in [2.75, 3.05) is 48.3 Å². The lowest BCUT2D eigenvalue weighted by Gasteiger charge is -2.09. The smallest absolute Gasteiger partial charge is 0.306 e. The molecule has 0 aromatic carbocycles. The van der Waals surface area contributed by atoms with E-state index in [1.54, 1.807) is 0 Å². The Kier molecular flexibility index (Phi) is 5.45. The Hall–Kier alpha value is -0.770. The van der Waals surface area contributed by atoms with Crippen LogP contribution in [-0.2, 0) is 0 Å². The fourth-order valence-electron chi connectivity index (χ4n) is 0.868. The summed E-state index contributed by atoms with van der Waals surface area (Å²) in [5.41, 5.74) is 0. The Balaban J connectivity index is 3.68. The van der Waals surface area contributed by atoms with Crippen LogP contribution < -0.4 is 10.6 Å². The van der Waals surface area contributed by atoms with Crippen LogP contribution in [0.3, 0.4) is 0 Å². The highest BCUT2D eigenvalue weighted by atomic mass is 15.2. The number of nitrogens with zero attached hydrogens (tertiary/aromatic N) is 2. The first-order chi connectivity index (χ1) is 5.57. The summed E-state index contributed by atoms with van der Waals surface area (Å²) in [4.78, 5) is 2.15. The number of rotatable bonds is 3. The number of nitrogens with one attached hydrogen (secondary N) is 2. The number of likely N-dealkylation sites (N-methyl/N-ethyl adjacent to an activating group) is 1. The molecule has 4 nitrogen and oxygen atoms in total. The lowest BCUT2D eigenvalue weighted by atomic mass is 10.6. The monoisotopic (exact) mass is 173 g/mol. The van der Waals surface area contributed by atoms with E-state index in [0.717, 1.165) is 19.0 Å². The quantitative estimate of drug-likeness (QED) is 0.325. The van der Waals surface area contributed by atoms with Crippen molar-refractivity contribution in [1.29, 1.82) is 0 Å². The van der Waals surface area contributed by atoms with Crippen LogP contribution >= 0.6 is 0 Å². The van der Waals surface area contributed by atoms with E-state index < -0.39 is 0 Å². The topological polar surface area (TPSA) is 30.3 Å². The Bertz CT molecular complexity index is 147. The molecule has 0 saturated heterocycles. The average molecular weight is 173 g/mol. The molecule has 2 N–H and O–H groups in total. The third-order valence-electron chi connectivity index (χ3n) is 1.54. The SMILES string of the molecule is CNC(NCCN(C)C)=[N+](C)C. The molecule has 0 bridgehead atoms. The zero-order valence-electron chi connectivity index (χ0n) is 8.81. The van der Waals surface area contributed by atoms with E-state index in [-0.39, 0.29) is 0 Å². The van der Waals surface area contributed by atoms with Crippen LogP contribution in [0.1, 0.15) is 0 Å². The lowest BCUT2D eigenvalue weighted by Crippen LogP contribution is -2.43. The van der Waals surface area contributed by atoms with Crippen molar-refractivity contribution >= 4 is 5.96 Å². The van der Waals surface area contributed by atoms with Gasteiger partial charge in [-0.1, -0.05) is 0 Å². The molecule has 0 aromatic heterocycles. The van der Waals surface area contributed by atoms with Crippen LogP contribution in [0.15, 0.2) is 0 Å². The van der Waals surface area contributed by atoms with Gasteiger partial charge in [-0.05, 0) is 14.1 Å². The Morgan fingerprint density at radius 3 is 2.25 bits per heavy atom. The molecule has 0 radical (unpaired) electrons. The molecule has 0 heterocycles. The lowest BCUT2D eigenvalue weighted by molar-refractivity contribution is -0.468. The molecule has 0 saturated carbocycles. The number of hydrogen-bond donors (Lipinski definition) is 2. The summed E-state index contributed by atoms with van der Waals surface area (Å²) in [6.45, 7) is 2.00. The minimum absolute atomic E-state index is 0.960. The van der Waals surface area contributed by atoms with Gasteiger partial charge in [-0.25, -0.2) is 0 Å². The van der Waals surface area contributed by atoms with Gasteiger partial charge in [0.1, 0.15) is 0 Å². The molecule has 12 heavy (non-hydrogen) atoms. The molecule has 0 unspecified atom stereocenters. The van der Waals surface area contributed by atoms with E-state index in [4.69, 9.17) is 0 Å². The van der Waals surface area contributed by atoms with Crippen molar-refractivity contribution in [2.24, 2.45) is 0 Å². The van der Waals surface area contributed by atoms with E-state index in [1.807, 2.05) is 25.7 Å². The van der Waals surface area contributed by atoms with E-state index in [9.17, 15) is 0 Å². The second kappa shape index (κ2) is 5.83. The van der Waals surface area contributed by atoms with Crippen LogP contribution in [0.5, 0.6) is 0 Å². The van der Waals surface area contributed by atoms with Crippen molar-refractivity contribution in [3.8, 4) is 0 Å². The van der Waals surface area contributed by atoms with Gasteiger partial charge in [0, 0.05) is 6.54 Å². The number of hydrogen-bond acceptors (Lipinski definition) is 1. The zero-order valence-corrected chi connectivity index (χ0v) is 8.81. The third kappa shape index (κ3) is 4.96. The fraction of sp³-hybridized carbons (Fsp3) is 0.875. The van der Waals surface area contributed by atoms with Crippen LogP contribution in [0.4, 0.5) is 0 Å². The number of guanidine groups is 1. The van der Waals surface area contributed by atoms with Crippen LogP contribution in [0, 0.1) is 0 Å². The molecule has 0 aliphatic rings. The molecule has 0 rings (SSSR count). The maximum Gasteiger partial charge on any atom is 0.345 e. The first-order valence-electron chi connectivity index (χ1n) is 4.18. The average Bonchev–Trinajstić information content (AvgIpc) is 1.96. The molecular formula is C8H21N4+. The highest BCUT2D eigenvalue weighted by molar-refractivity contribution is 5.74. The van der Waals surface area contributed by atoms with Crippen LogP contribution in [0.2, 0.25) is 0 Å². The molecular weight excluding hydrogens is 152 g/mol. The van der Waals surface area contributed by atoms with Gasteiger partial charge in [0.2, 0.25) is 0 Å². The maximum absolute atomic E-state index is 3.29. The van der Waals surface area contributed by atoms with Gasteiger partial charge < -0.3 is 4.90 Å². The molecule has 0 aliphatic heterocycles. The highest BCUT2D eigenvalue weighted by Gasteiger charge is 2.02. The van der Waals surface area contributed by atoms with Gasteiger partial charge in [0.05, 0.1) is 27.7 Å². The predicted molar refractivity (Wildman–Crippen MR) is 52.7 cm³/mol. The van der Waals surface area contributed by atoms with Gasteiger partial charge in [-0.15, -0.1) is 0 Å². The summed E-state index contributed by atoms with van der Waals surface area (Å²) in [6.07, 6.45) is 0. The zero-order chi connectivity index (χ0) is 9.56. The molecule has 0 aromatic rings. The van der Waals surface area contributed by atoms with Crippen molar-refractivity contribution < 1.29 is 4.58 Å². The summed E-state index contributed by atoms with van der Waals surface area (Å²) >= 11 is 0. The molecule has 0 spiro atoms. The standard InChI is InChI=1S/C8H20N4/c1-9-8(12(4)5)10-6-7-11(2)3/h6-7H2,1-5H3,(H,9,10)/p+1.